The zero-order valence-corrected chi connectivity index (χ0v) is 11.7. The van der Waals surface area contributed by atoms with E-state index in [1.165, 1.54) is 11.3 Å². The lowest BCUT2D eigenvalue weighted by molar-refractivity contribution is 0.389. The van der Waals surface area contributed by atoms with Crippen LogP contribution in [0.4, 0.5) is 5.69 Å². The summed E-state index contributed by atoms with van der Waals surface area (Å²) in [5, 5.41) is 3.52. The Bertz CT molecular complexity index is 317. The van der Waals surface area contributed by atoms with Gasteiger partial charge in [0.1, 0.15) is 0 Å². The Morgan fingerprint density at radius 1 is 1.06 bits per heavy atom. The van der Waals surface area contributed by atoms with E-state index in [-0.39, 0.29) is 0 Å². The van der Waals surface area contributed by atoms with Gasteiger partial charge in [0.15, 0.2) is 0 Å². The molecule has 0 saturated heterocycles. The van der Waals surface area contributed by atoms with Crippen molar-refractivity contribution in [1.82, 2.24) is 10.2 Å². The number of likely N-dealkylation sites (N-methyl/N-ethyl adjacent to an activating group) is 1. The van der Waals surface area contributed by atoms with Gasteiger partial charge in [-0.3, -0.25) is 0 Å². The predicted molar refractivity (Wildman–Crippen MR) is 75.7 cm³/mol. The quantitative estimate of drug-likeness (QED) is 0.813. The van der Waals surface area contributed by atoms with E-state index >= 15 is 0 Å². The fraction of sp³-hybridized carbons (Fsp3) is 0.571. The highest BCUT2D eigenvalue weighted by atomic mass is 15.1. The number of anilines is 1. The molecular formula is C14H25N3. The second-order valence-electron chi connectivity index (χ2n) is 4.97. The van der Waals surface area contributed by atoms with E-state index < -0.39 is 0 Å². The highest BCUT2D eigenvalue weighted by Gasteiger charge is 2.04. The Morgan fingerprint density at radius 3 is 2.12 bits per heavy atom. The lowest BCUT2D eigenvalue weighted by atomic mass is 10.1. The van der Waals surface area contributed by atoms with Gasteiger partial charge < -0.3 is 15.1 Å². The van der Waals surface area contributed by atoms with Crippen LogP contribution in [0.15, 0.2) is 24.3 Å². The van der Waals surface area contributed by atoms with Gasteiger partial charge >= 0.3 is 0 Å². The van der Waals surface area contributed by atoms with Crippen LogP contribution in [0, 0.1) is 0 Å². The maximum Gasteiger partial charge on any atom is 0.0361 e. The molecule has 1 aromatic rings. The van der Waals surface area contributed by atoms with Crippen LogP contribution in [0.3, 0.4) is 0 Å². The molecule has 1 atom stereocenters. The molecule has 0 bridgehead atoms. The van der Waals surface area contributed by atoms with Crippen molar-refractivity contribution in [3.05, 3.63) is 29.8 Å². The van der Waals surface area contributed by atoms with Crippen LogP contribution in [-0.2, 0) is 0 Å². The third kappa shape index (κ3) is 4.75. The molecule has 1 aromatic carbocycles. The molecule has 96 valence electrons. The molecule has 1 rings (SSSR count). The molecule has 0 heterocycles. The van der Waals surface area contributed by atoms with Crippen LogP contribution in [0.1, 0.15) is 18.5 Å². The first-order valence-electron chi connectivity index (χ1n) is 6.16. The third-order valence-corrected chi connectivity index (χ3v) is 2.92. The van der Waals surface area contributed by atoms with E-state index in [9.17, 15) is 0 Å². The molecule has 0 saturated carbocycles. The molecule has 0 spiro atoms. The van der Waals surface area contributed by atoms with Gasteiger partial charge in [0.2, 0.25) is 0 Å². The normalized spacial score (nSPS) is 12.8. The van der Waals surface area contributed by atoms with Gasteiger partial charge in [0, 0.05) is 38.9 Å². The molecule has 0 amide bonds. The molecule has 0 radical (unpaired) electrons. The number of benzene rings is 1. The summed E-state index contributed by atoms with van der Waals surface area (Å²) in [4.78, 5) is 4.31. The van der Waals surface area contributed by atoms with Crippen LogP contribution >= 0.6 is 0 Å². The maximum absolute atomic E-state index is 3.52. The number of nitrogens with zero attached hydrogens (tertiary/aromatic N) is 2. The first-order valence-corrected chi connectivity index (χ1v) is 6.16. The summed E-state index contributed by atoms with van der Waals surface area (Å²) in [6, 6.07) is 9.13. The fourth-order valence-corrected chi connectivity index (χ4v) is 1.68. The molecule has 0 aliphatic rings. The van der Waals surface area contributed by atoms with Gasteiger partial charge in [-0.2, -0.15) is 0 Å². The van der Waals surface area contributed by atoms with E-state index in [1.54, 1.807) is 0 Å². The van der Waals surface area contributed by atoms with Crippen LogP contribution in [0.5, 0.6) is 0 Å². The van der Waals surface area contributed by atoms with E-state index in [0.717, 1.165) is 13.1 Å². The van der Waals surface area contributed by atoms with Crippen molar-refractivity contribution < 1.29 is 0 Å². The minimum Gasteiger partial charge on any atom is -0.378 e. The Labute approximate surface area is 105 Å². The molecule has 0 aromatic heterocycles. The van der Waals surface area contributed by atoms with Crippen molar-refractivity contribution >= 4 is 5.69 Å². The lowest BCUT2D eigenvalue weighted by Gasteiger charge is -2.18. The minimum absolute atomic E-state index is 0.408. The van der Waals surface area contributed by atoms with Crippen molar-refractivity contribution in [1.29, 1.82) is 0 Å². The molecule has 0 aliphatic heterocycles. The third-order valence-electron chi connectivity index (χ3n) is 2.92. The lowest BCUT2D eigenvalue weighted by Crippen LogP contribution is -2.28. The second-order valence-corrected chi connectivity index (χ2v) is 4.97. The van der Waals surface area contributed by atoms with Gasteiger partial charge in [0.25, 0.3) is 0 Å². The first kappa shape index (κ1) is 14.0. The highest BCUT2D eigenvalue weighted by molar-refractivity contribution is 5.46. The summed E-state index contributed by atoms with van der Waals surface area (Å²) in [6.45, 7) is 4.30. The summed E-state index contributed by atoms with van der Waals surface area (Å²) in [7, 11) is 8.32. The largest absolute Gasteiger partial charge is 0.378 e. The van der Waals surface area contributed by atoms with Gasteiger partial charge in [-0.25, -0.2) is 0 Å². The Morgan fingerprint density at radius 2 is 1.65 bits per heavy atom. The van der Waals surface area contributed by atoms with Gasteiger partial charge in [-0.15, -0.1) is 0 Å². The molecular weight excluding hydrogens is 210 g/mol. The summed E-state index contributed by atoms with van der Waals surface area (Å²) in [5.41, 5.74) is 2.59. The smallest absolute Gasteiger partial charge is 0.0361 e. The van der Waals surface area contributed by atoms with Crippen molar-refractivity contribution in [2.45, 2.75) is 13.0 Å². The number of nitrogens with one attached hydrogen (secondary N) is 1. The SMILES string of the molecule is CC(NCCN(C)C)c1ccc(N(C)C)cc1. The fourth-order valence-electron chi connectivity index (χ4n) is 1.68. The molecule has 1 unspecified atom stereocenters. The summed E-state index contributed by atoms with van der Waals surface area (Å²) < 4.78 is 0. The van der Waals surface area contributed by atoms with Crippen LogP contribution < -0.4 is 10.2 Å². The summed E-state index contributed by atoms with van der Waals surface area (Å²) in [6.07, 6.45) is 0. The summed E-state index contributed by atoms with van der Waals surface area (Å²) in [5.74, 6) is 0. The van der Waals surface area contributed by atoms with Crippen LogP contribution in [0.2, 0.25) is 0 Å². The predicted octanol–water partition coefficient (Wildman–Crippen LogP) is 1.96. The average Bonchev–Trinajstić information content (AvgIpc) is 2.28. The average molecular weight is 235 g/mol. The molecule has 3 nitrogen and oxygen atoms in total. The molecule has 0 aliphatic carbocycles. The van der Waals surface area contributed by atoms with Crippen LogP contribution in [0.25, 0.3) is 0 Å². The Hall–Kier alpha value is -1.06. The molecule has 3 heteroatoms. The van der Waals surface area contributed by atoms with Crippen LogP contribution in [-0.4, -0.2) is 46.2 Å². The van der Waals surface area contributed by atoms with E-state index in [1.807, 2.05) is 0 Å². The number of hydrogen-bond acceptors (Lipinski definition) is 3. The standard InChI is InChI=1S/C14H25N3/c1-12(15-10-11-16(2)3)13-6-8-14(9-7-13)17(4)5/h6-9,12,15H,10-11H2,1-5H3. The van der Waals surface area contributed by atoms with Crippen molar-refractivity contribution in [3.63, 3.8) is 0 Å². The van der Waals surface area contributed by atoms with Crippen molar-refractivity contribution in [2.75, 3.05) is 46.2 Å². The zero-order valence-electron chi connectivity index (χ0n) is 11.7. The van der Waals surface area contributed by atoms with Gasteiger partial charge in [-0.05, 0) is 38.7 Å². The molecule has 0 fully saturated rings. The number of hydrogen-bond donors (Lipinski definition) is 1. The second kappa shape index (κ2) is 6.62. The Kier molecular flexibility index (Phi) is 5.45. The summed E-state index contributed by atoms with van der Waals surface area (Å²) >= 11 is 0. The van der Waals surface area contributed by atoms with Gasteiger partial charge in [0.05, 0.1) is 0 Å². The van der Waals surface area contributed by atoms with E-state index in [0.29, 0.717) is 6.04 Å². The van der Waals surface area contributed by atoms with Crippen molar-refractivity contribution in [3.8, 4) is 0 Å². The monoisotopic (exact) mass is 235 g/mol. The molecule has 1 N–H and O–H groups in total. The highest BCUT2D eigenvalue weighted by Crippen LogP contribution is 2.17. The minimum atomic E-state index is 0.408. The topological polar surface area (TPSA) is 18.5 Å². The van der Waals surface area contributed by atoms with Crippen molar-refractivity contribution in [2.24, 2.45) is 0 Å². The van der Waals surface area contributed by atoms with E-state index in [4.69, 9.17) is 0 Å². The van der Waals surface area contributed by atoms with Gasteiger partial charge in [-0.1, -0.05) is 12.1 Å². The maximum atomic E-state index is 3.52. The first-order chi connectivity index (χ1) is 8.00. The zero-order chi connectivity index (χ0) is 12.8. The molecule has 17 heavy (non-hydrogen) atoms. The Balaban J connectivity index is 2.48. The number of rotatable bonds is 6. The van der Waals surface area contributed by atoms with E-state index in [2.05, 4.69) is 74.5 Å².